The van der Waals surface area contributed by atoms with Gasteiger partial charge in [-0.15, -0.1) is 0 Å². The fourth-order valence-electron chi connectivity index (χ4n) is 6.32. The second-order valence-corrected chi connectivity index (χ2v) is 15.4. The molecule has 0 N–H and O–H groups in total. The molecule has 0 bridgehead atoms. The molecule has 0 spiro atoms. The summed E-state index contributed by atoms with van der Waals surface area (Å²) in [6.07, 6.45) is 26.0. The van der Waals surface area contributed by atoms with Gasteiger partial charge in [0.05, 0.1) is 0 Å². The van der Waals surface area contributed by atoms with E-state index in [1.165, 1.54) is 96.3 Å². The minimum Gasteiger partial charge on any atom is -0.0651 e. The molecule has 5 aliphatic carbocycles. The summed E-state index contributed by atoms with van der Waals surface area (Å²) in [5.74, 6) is 0.553. The van der Waals surface area contributed by atoms with Crippen molar-refractivity contribution in [3.63, 3.8) is 0 Å². The highest BCUT2D eigenvalue weighted by molar-refractivity contribution is 4.78. The Bertz CT molecular complexity index is 811. The highest BCUT2D eigenvalue weighted by Crippen LogP contribution is 2.39. The Balaban J connectivity index is 0.000000578. The van der Waals surface area contributed by atoms with Gasteiger partial charge in [-0.3, -0.25) is 0 Å². The van der Waals surface area contributed by atoms with Crippen LogP contribution in [0.15, 0.2) is 0 Å². The van der Waals surface area contributed by atoms with Gasteiger partial charge < -0.3 is 0 Å². The number of hydrogen-bond acceptors (Lipinski definition) is 0. The van der Waals surface area contributed by atoms with E-state index in [9.17, 15) is 0 Å². The van der Waals surface area contributed by atoms with Gasteiger partial charge in [-0.2, -0.15) is 0 Å². The van der Waals surface area contributed by atoms with Crippen LogP contribution < -0.4 is 0 Å². The van der Waals surface area contributed by atoms with Crippen molar-refractivity contribution in [3.8, 4) is 0 Å². The molecule has 5 fully saturated rings. The minimum atomic E-state index is -1.06. The average molecular weight is 599 g/mol. The molecule has 0 atom stereocenters. The third-order valence-corrected chi connectivity index (χ3v) is 10.4. The van der Waals surface area contributed by atoms with Crippen LogP contribution in [0.3, 0.4) is 0 Å². The molecule has 0 heterocycles. The molecule has 0 aliphatic heterocycles. The predicted octanol–water partition coefficient (Wildman–Crippen LogP) is 15.8. The average Bonchev–Trinajstić information content (AvgIpc) is 3.77. The summed E-state index contributed by atoms with van der Waals surface area (Å²) < 4.78 is 59.4. The molecule has 0 saturated heterocycles. The normalized spacial score (nSPS) is 28.3. The molecular formula is C42H86. The highest BCUT2D eigenvalue weighted by Gasteiger charge is 2.25. The summed E-state index contributed by atoms with van der Waals surface area (Å²) in [6.45, 7) is 19.5. The second-order valence-electron chi connectivity index (χ2n) is 15.4. The van der Waals surface area contributed by atoms with E-state index in [0.717, 1.165) is 56.8 Å². The Morgan fingerprint density at radius 3 is 1.02 bits per heavy atom. The molecule has 0 aromatic carbocycles. The van der Waals surface area contributed by atoms with Gasteiger partial charge in [-0.1, -0.05) is 223 Å². The van der Waals surface area contributed by atoms with Gasteiger partial charge in [-0.25, -0.2) is 0 Å². The summed E-state index contributed by atoms with van der Waals surface area (Å²) in [4.78, 5) is 0. The van der Waals surface area contributed by atoms with E-state index in [1.807, 2.05) is 34.6 Å². The van der Waals surface area contributed by atoms with Gasteiger partial charge >= 0.3 is 0 Å². The highest BCUT2D eigenvalue weighted by atomic mass is 14.3. The molecular weight excluding hydrogens is 504 g/mol. The summed E-state index contributed by atoms with van der Waals surface area (Å²) >= 11 is 0. The lowest BCUT2D eigenvalue weighted by Crippen LogP contribution is -2.07. The molecule has 0 aromatic rings. The first-order valence-corrected chi connectivity index (χ1v) is 18.6. The lowest BCUT2D eigenvalue weighted by atomic mass is 9.86. The SMILES string of the molecule is CCC1(C)CCCC1.[2H]C([2H])(C)C(C)(C)C.[2H]C([2H])(C)C1CCCC1.[2H]C([2H])(C)C1CCCCC1.[2H]C1(C)CCCC1.[2H]C1(C)CCCCC1. The molecule has 42 heavy (non-hydrogen) atoms. The molecule has 0 nitrogen and oxygen atoms in total. The zero-order valence-electron chi connectivity index (χ0n) is 38.9. The topological polar surface area (TPSA) is 0 Å². The Morgan fingerprint density at radius 1 is 0.548 bits per heavy atom. The summed E-state index contributed by atoms with van der Waals surface area (Å²) in [7, 11) is 0. The summed E-state index contributed by atoms with van der Waals surface area (Å²) in [5.41, 5.74) is 0.507. The van der Waals surface area contributed by atoms with Crippen LogP contribution in [0.25, 0.3) is 0 Å². The van der Waals surface area contributed by atoms with E-state index in [1.54, 1.807) is 20.8 Å². The van der Waals surface area contributed by atoms with E-state index in [4.69, 9.17) is 11.0 Å². The fourth-order valence-corrected chi connectivity index (χ4v) is 6.32. The maximum atomic E-state index is 7.63. The molecule has 0 unspecified atom stereocenters. The van der Waals surface area contributed by atoms with Gasteiger partial charge in [0.25, 0.3) is 0 Å². The first-order chi connectivity index (χ1) is 22.6. The fraction of sp³-hybridized carbons (Fsp3) is 1.00. The van der Waals surface area contributed by atoms with Crippen LogP contribution in [0.5, 0.6) is 0 Å². The lowest BCUT2D eigenvalue weighted by molar-refractivity contribution is 0.323. The lowest BCUT2D eigenvalue weighted by Gasteiger charge is -2.19. The van der Waals surface area contributed by atoms with Crippen LogP contribution in [-0.2, 0) is 0 Å². The van der Waals surface area contributed by atoms with Crippen LogP contribution in [0.4, 0.5) is 0 Å². The maximum absolute atomic E-state index is 7.63. The van der Waals surface area contributed by atoms with Crippen LogP contribution in [0.2, 0.25) is 0 Å². The monoisotopic (exact) mass is 599 g/mol. The van der Waals surface area contributed by atoms with Crippen LogP contribution in [0.1, 0.15) is 247 Å². The third kappa shape index (κ3) is 25.3. The van der Waals surface area contributed by atoms with E-state index in [-0.39, 0.29) is 17.2 Å². The maximum Gasteiger partial charge on any atom is 0.0300 e. The van der Waals surface area contributed by atoms with E-state index in [2.05, 4.69) is 13.8 Å². The van der Waals surface area contributed by atoms with Gasteiger partial charge in [0.1, 0.15) is 0 Å². The Labute approximate surface area is 281 Å². The van der Waals surface area contributed by atoms with Crippen LogP contribution in [-0.4, -0.2) is 0 Å². The van der Waals surface area contributed by atoms with Crippen molar-refractivity contribution in [1.29, 1.82) is 0 Å². The van der Waals surface area contributed by atoms with E-state index < -0.39 is 19.1 Å². The Morgan fingerprint density at radius 2 is 0.833 bits per heavy atom. The van der Waals surface area contributed by atoms with E-state index >= 15 is 0 Å². The molecule has 0 aromatic heterocycles. The van der Waals surface area contributed by atoms with Crippen molar-refractivity contribution in [2.24, 2.45) is 34.5 Å². The van der Waals surface area contributed by atoms with Crippen molar-refractivity contribution >= 4 is 0 Å². The van der Waals surface area contributed by atoms with Crippen molar-refractivity contribution in [1.82, 2.24) is 0 Å². The molecule has 0 radical (unpaired) electrons. The van der Waals surface area contributed by atoms with E-state index in [0.29, 0.717) is 11.8 Å². The summed E-state index contributed by atoms with van der Waals surface area (Å²) in [5, 5.41) is 0. The number of hydrogen-bond donors (Lipinski definition) is 0. The van der Waals surface area contributed by atoms with Crippen molar-refractivity contribution in [2.45, 2.75) is 236 Å². The van der Waals surface area contributed by atoms with Crippen molar-refractivity contribution in [2.75, 3.05) is 0 Å². The molecule has 5 aliphatic rings. The third-order valence-electron chi connectivity index (χ3n) is 10.4. The molecule has 254 valence electrons. The molecule has 0 amide bonds. The molecule has 5 rings (SSSR count). The first kappa shape index (κ1) is 29.4. The van der Waals surface area contributed by atoms with Gasteiger partial charge in [0, 0.05) is 11.0 Å². The van der Waals surface area contributed by atoms with Crippen molar-refractivity contribution < 1.29 is 11.0 Å². The van der Waals surface area contributed by atoms with Crippen molar-refractivity contribution in [3.05, 3.63) is 0 Å². The molecule has 5 saturated carbocycles. The quantitative estimate of drug-likeness (QED) is 0.303. The van der Waals surface area contributed by atoms with Gasteiger partial charge in [-0.05, 0) is 47.3 Å². The zero-order valence-corrected chi connectivity index (χ0v) is 30.9. The predicted molar refractivity (Wildman–Crippen MR) is 196 cm³/mol. The Kier molecular flexibility index (Phi) is 18.4. The summed E-state index contributed by atoms with van der Waals surface area (Å²) in [6, 6.07) is 0. The van der Waals surface area contributed by atoms with Gasteiger partial charge in [0.15, 0.2) is 0 Å². The largest absolute Gasteiger partial charge is 0.0651 e. The smallest absolute Gasteiger partial charge is 0.0300 e. The molecule has 0 heteroatoms. The standard InChI is InChI=1S/2C8H16.2C7H14.C6H12.C6H14/c1-3-8(2)6-4-5-7-8;1-2-8-6-4-3-5-7-8;1-7-5-3-2-4-6-7;1-2-7-5-3-4-6-7;1-6-4-2-3-5-6;1-5-6(2,3)4/h3-7H2,1-2H3;8H,2-7H2,1H3;2*7H,2-6H2,1H3;6H,2-5H2,1H3;5H2,1-4H3/i;2D2;7D;2D2;6D;5D2. The first-order valence-electron chi connectivity index (χ1n) is 22.6. The number of rotatable bonds is 3. The second kappa shape index (κ2) is 26.2. The van der Waals surface area contributed by atoms with Crippen LogP contribution in [0, 0.1) is 34.5 Å². The zero-order chi connectivity index (χ0) is 38.9. The van der Waals surface area contributed by atoms with Crippen LogP contribution >= 0.6 is 0 Å². The Hall–Kier alpha value is 0. The van der Waals surface area contributed by atoms with Gasteiger partial charge in [0.2, 0.25) is 0 Å². The minimum absolute atomic E-state index is 0.0556.